The number of rotatable bonds is 5. The zero-order valence-corrected chi connectivity index (χ0v) is 26.9. The molecule has 0 radical (unpaired) electrons. The van der Waals surface area contributed by atoms with Gasteiger partial charge in [-0.2, -0.15) is 0 Å². The number of hydrogen-bond donors (Lipinski definition) is 4. The molecule has 2 aliphatic carbocycles. The van der Waals surface area contributed by atoms with Gasteiger partial charge in [-0.3, -0.25) is 0 Å². The fourth-order valence-corrected chi connectivity index (χ4v) is 8.72. The number of hydrogen-bond acceptors (Lipinski definition) is 4. The Labute approximate surface area is 265 Å². The lowest BCUT2D eigenvalue weighted by molar-refractivity contribution is 0.281. The van der Waals surface area contributed by atoms with Crippen molar-refractivity contribution in [2.24, 2.45) is 16.7 Å². The Morgan fingerprint density at radius 2 is 1.40 bits per heavy atom. The molecule has 3 fully saturated rings. The van der Waals surface area contributed by atoms with Crippen LogP contribution in [0.25, 0.3) is 44.5 Å². The molecule has 2 aromatic heterocycles. The Balaban J connectivity index is 1.02. The van der Waals surface area contributed by atoms with E-state index in [0.29, 0.717) is 28.8 Å². The van der Waals surface area contributed by atoms with Crippen molar-refractivity contribution in [3.05, 3.63) is 83.6 Å². The van der Waals surface area contributed by atoms with Gasteiger partial charge in [0.2, 0.25) is 0 Å². The van der Waals surface area contributed by atoms with Gasteiger partial charge in [-0.05, 0) is 106 Å². The van der Waals surface area contributed by atoms with E-state index in [1.165, 1.54) is 47.1 Å². The summed E-state index contributed by atoms with van der Waals surface area (Å²) >= 11 is 0. The Kier molecular flexibility index (Phi) is 6.05. The highest BCUT2D eigenvalue weighted by Crippen LogP contribution is 2.56. The second-order valence-electron chi connectivity index (χ2n) is 15.9. The molecule has 2 unspecified atom stereocenters. The van der Waals surface area contributed by atoms with Gasteiger partial charge in [0.1, 0.15) is 11.6 Å². The molecule has 230 valence electrons. The van der Waals surface area contributed by atoms with Gasteiger partial charge in [0.05, 0.1) is 35.0 Å². The summed E-state index contributed by atoms with van der Waals surface area (Å²) in [5.74, 6) is 3.59. The van der Waals surface area contributed by atoms with Crippen LogP contribution >= 0.6 is 0 Å². The summed E-state index contributed by atoms with van der Waals surface area (Å²) in [4.78, 5) is 17.0. The lowest BCUT2D eigenvalue weighted by Gasteiger charge is -2.31. The van der Waals surface area contributed by atoms with E-state index < -0.39 is 0 Å². The van der Waals surface area contributed by atoms with E-state index in [4.69, 9.17) is 9.97 Å². The van der Waals surface area contributed by atoms with E-state index in [1.54, 1.807) is 11.1 Å². The number of fused-ring (bicyclic) bond motifs is 4. The topological polar surface area (TPSA) is 81.4 Å². The van der Waals surface area contributed by atoms with Crippen LogP contribution < -0.4 is 10.6 Å². The van der Waals surface area contributed by atoms with Gasteiger partial charge >= 0.3 is 0 Å². The molecule has 2 saturated heterocycles. The van der Waals surface area contributed by atoms with Gasteiger partial charge in [-0.15, -0.1) is 0 Å². The molecule has 4 atom stereocenters. The molecule has 4 heterocycles. The number of nitrogens with one attached hydrogen (secondary N) is 4. The Hall–Kier alpha value is -3.74. The summed E-state index contributed by atoms with van der Waals surface area (Å²) in [6.45, 7) is 11.4. The van der Waals surface area contributed by atoms with Crippen LogP contribution in [0.2, 0.25) is 0 Å². The average molecular weight is 597 g/mol. The summed E-state index contributed by atoms with van der Waals surface area (Å²) in [6.07, 6.45) is 8.06. The maximum absolute atomic E-state index is 4.98. The maximum Gasteiger partial charge on any atom is 0.124 e. The molecular formula is C39H44N6. The third-order valence-electron chi connectivity index (χ3n) is 11.4. The zero-order chi connectivity index (χ0) is 30.5. The van der Waals surface area contributed by atoms with Crippen LogP contribution in [0.1, 0.15) is 94.2 Å². The standard InChI is InChI=1S/C39H44N6/c1-38(2)17-32(41-20-38)36-40-19-34(45-36)23-7-5-22(6-8-23)27-13-12-26(29-15-24-9-11-28(24)35(27)29)25-10-14-30-31(16-25)44-37(43-30)33-18-39(3,4)21-42-33/h5-8,10,12-14,16,19,24,28,32-33,41-42H,9,11,15,17-18,20-21H2,1-4H3,(H,40,45)(H,43,44)/t24?,28?,32-,33-/m0/s1. The molecule has 5 aromatic rings. The van der Waals surface area contributed by atoms with Crippen molar-refractivity contribution in [2.75, 3.05) is 13.1 Å². The van der Waals surface area contributed by atoms with Crippen molar-refractivity contribution < 1.29 is 0 Å². The predicted molar refractivity (Wildman–Crippen MR) is 182 cm³/mol. The first-order valence-corrected chi connectivity index (χ1v) is 17.0. The van der Waals surface area contributed by atoms with E-state index in [2.05, 4.69) is 103 Å². The van der Waals surface area contributed by atoms with E-state index in [-0.39, 0.29) is 0 Å². The molecule has 9 rings (SSSR count). The molecule has 4 N–H and O–H groups in total. The lowest BCUT2D eigenvalue weighted by atomic mass is 9.73. The molecule has 6 heteroatoms. The summed E-state index contributed by atoms with van der Waals surface area (Å²) in [5.41, 5.74) is 13.7. The molecule has 0 bridgehead atoms. The molecule has 0 spiro atoms. The largest absolute Gasteiger partial charge is 0.341 e. The van der Waals surface area contributed by atoms with E-state index in [0.717, 1.165) is 60.2 Å². The molecule has 4 aliphatic rings. The van der Waals surface area contributed by atoms with Crippen LogP contribution in [0.3, 0.4) is 0 Å². The molecule has 1 saturated carbocycles. The Bertz CT molecular complexity index is 1920. The lowest BCUT2D eigenvalue weighted by Crippen LogP contribution is -2.19. The first kappa shape index (κ1) is 27.6. The fraction of sp³-hybridized carbons (Fsp3) is 0.436. The van der Waals surface area contributed by atoms with Crippen molar-refractivity contribution in [2.45, 2.75) is 77.8 Å². The van der Waals surface area contributed by atoms with Gasteiger partial charge < -0.3 is 20.6 Å². The van der Waals surface area contributed by atoms with Gasteiger partial charge in [-0.25, -0.2) is 9.97 Å². The zero-order valence-electron chi connectivity index (χ0n) is 26.9. The first-order chi connectivity index (χ1) is 21.7. The van der Waals surface area contributed by atoms with E-state index in [9.17, 15) is 0 Å². The number of imidazole rings is 2. The SMILES string of the molecule is CC1(C)CN[C@H](c2ncc(-c3ccc(-c4ccc(-c5ccc6nc([C@@H]7CC(C)(C)CN7)[nH]c6c5)c5c4C4CCC4C5)cc3)[nH]2)C1. The highest BCUT2D eigenvalue weighted by atomic mass is 15.1. The normalized spacial score (nSPS) is 26.2. The highest BCUT2D eigenvalue weighted by Gasteiger charge is 2.42. The summed E-state index contributed by atoms with van der Waals surface area (Å²) < 4.78 is 0. The monoisotopic (exact) mass is 596 g/mol. The summed E-state index contributed by atoms with van der Waals surface area (Å²) in [7, 11) is 0. The molecule has 0 amide bonds. The fourth-order valence-electron chi connectivity index (χ4n) is 8.72. The van der Waals surface area contributed by atoms with Gasteiger partial charge in [0, 0.05) is 13.1 Å². The molecule has 6 nitrogen and oxygen atoms in total. The van der Waals surface area contributed by atoms with Crippen LogP contribution in [0.4, 0.5) is 0 Å². The van der Waals surface area contributed by atoms with Crippen molar-refractivity contribution in [3.8, 4) is 33.5 Å². The van der Waals surface area contributed by atoms with Gasteiger partial charge in [0.15, 0.2) is 0 Å². The third-order valence-corrected chi connectivity index (χ3v) is 11.4. The minimum atomic E-state index is 0.299. The van der Waals surface area contributed by atoms with Crippen LogP contribution in [0.15, 0.2) is 60.8 Å². The van der Waals surface area contributed by atoms with Crippen LogP contribution in [-0.4, -0.2) is 33.0 Å². The van der Waals surface area contributed by atoms with Crippen LogP contribution in [-0.2, 0) is 6.42 Å². The van der Waals surface area contributed by atoms with Crippen molar-refractivity contribution in [3.63, 3.8) is 0 Å². The molecule has 45 heavy (non-hydrogen) atoms. The van der Waals surface area contributed by atoms with Gasteiger partial charge in [0.25, 0.3) is 0 Å². The molecular weight excluding hydrogens is 552 g/mol. The van der Waals surface area contributed by atoms with E-state index in [1.807, 2.05) is 6.20 Å². The smallest absolute Gasteiger partial charge is 0.124 e. The molecule has 2 aliphatic heterocycles. The summed E-state index contributed by atoms with van der Waals surface area (Å²) in [6, 6.07) is 21.3. The number of H-pyrrole nitrogens is 2. The highest BCUT2D eigenvalue weighted by molar-refractivity contribution is 5.86. The second-order valence-corrected chi connectivity index (χ2v) is 15.9. The first-order valence-electron chi connectivity index (χ1n) is 17.0. The number of benzene rings is 3. The molecule has 3 aromatic carbocycles. The summed E-state index contributed by atoms with van der Waals surface area (Å²) in [5, 5.41) is 7.30. The third kappa shape index (κ3) is 4.68. The quantitative estimate of drug-likeness (QED) is 0.164. The van der Waals surface area contributed by atoms with E-state index >= 15 is 0 Å². The average Bonchev–Trinajstić information content (AvgIpc) is 3.83. The number of aromatic nitrogens is 4. The van der Waals surface area contributed by atoms with Crippen molar-refractivity contribution in [1.82, 2.24) is 30.6 Å². The van der Waals surface area contributed by atoms with Crippen LogP contribution in [0.5, 0.6) is 0 Å². The maximum atomic E-state index is 4.98. The number of aromatic amines is 2. The van der Waals surface area contributed by atoms with Crippen LogP contribution in [0, 0.1) is 16.7 Å². The minimum Gasteiger partial charge on any atom is -0.341 e. The number of nitrogens with zero attached hydrogens (tertiary/aromatic N) is 2. The minimum absolute atomic E-state index is 0.299. The Morgan fingerprint density at radius 1 is 0.711 bits per heavy atom. The van der Waals surface area contributed by atoms with Crippen molar-refractivity contribution >= 4 is 11.0 Å². The second kappa shape index (κ2) is 9.88. The Morgan fingerprint density at radius 3 is 2.09 bits per heavy atom. The van der Waals surface area contributed by atoms with Gasteiger partial charge in [-0.1, -0.05) is 70.2 Å². The van der Waals surface area contributed by atoms with Crippen molar-refractivity contribution in [1.29, 1.82) is 0 Å². The predicted octanol–water partition coefficient (Wildman–Crippen LogP) is 8.46.